The van der Waals surface area contributed by atoms with E-state index in [-0.39, 0.29) is 11.6 Å². The summed E-state index contributed by atoms with van der Waals surface area (Å²) in [7, 11) is -3.49. The van der Waals surface area contributed by atoms with Crippen LogP contribution in [0.25, 0.3) is 0 Å². The number of aliphatic imine (C=N–C) groups is 1. The van der Waals surface area contributed by atoms with Gasteiger partial charge in [-0.05, 0) is 30.5 Å². The molecule has 5 nitrogen and oxygen atoms in total. The van der Waals surface area contributed by atoms with Crippen LogP contribution in [0.3, 0.4) is 0 Å². The summed E-state index contributed by atoms with van der Waals surface area (Å²) >= 11 is 0. The van der Waals surface area contributed by atoms with Crippen molar-refractivity contribution in [2.24, 2.45) is 4.99 Å². The summed E-state index contributed by atoms with van der Waals surface area (Å²) in [6.45, 7) is 0. The van der Waals surface area contributed by atoms with Crippen LogP contribution in [0.5, 0.6) is 0 Å². The van der Waals surface area contributed by atoms with Crippen molar-refractivity contribution in [2.45, 2.75) is 42.9 Å². The first-order valence-electron chi connectivity index (χ1n) is 7.23. The Morgan fingerprint density at radius 2 is 2.09 bits per heavy atom. The smallest absolute Gasteiger partial charge is 0.233 e. The molecule has 3 aliphatic rings. The molecular weight excluding hydrogens is 312 g/mol. The quantitative estimate of drug-likeness (QED) is 0.898. The van der Waals surface area contributed by atoms with Crippen molar-refractivity contribution >= 4 is 15.0 Å². The highest BCUT2D eigenvalue weighted by Gasteiger charge is 2.50. The molecule has 0 bridgehead atoms. The summed E-state index contributed by atoms with van der Waals surface area (Å²) in [5, 5.41) is 0.947. The summed E-state index contributed by atoms with van der Waals surface area (Å²) < 4.78 is 52.1. The monoisotopic (exact) mass is 327 g/mol. The minimum atomic E-state index is -3.49. The van der Waals surface area contributed by atoms with Crippen molar-refractivity contribution in [1.29, 1.82) is 0 Å². The van der Waals surface area contributed by atoms with E-state index in [1.165, 1.54) is 17.1 Å². The average molecular weight is 327 g/mol. The van der Waals surface area contributed by atoms with Crippen LogP contribution in [0.15, 0.2) is 29.3 Å². The van der Waals surface area contributed by atoms with Crippen LogP contribution in [-0.2, 0) is 9.84 Å². The molecule has 0 amide bonds. The van der Waals surface area contributed by atoms with E-state index >= 15 is 0 Å². The fourth-order valence-corrected chi connectivity index (χ4v) is 4.60. The van der Waals surface area contributed by atoms with Crippen LogP contribution in [0, 0.1) is 5.82 Å². The summed E-state index contributed by atoms with van der Waals surface area (Å²) in [6.07, 6.45) is -0.744. The van der Waals surface area contributed by atoms with Crippen molar-refractivity contribution in [2.75, 3.05) is 0 Å². The summed E-state index contributed by atoms with van der Waals surface area (Å²) in [5.74, 6) is -0.401. The zero-order chi connectivity index (χ0) is 15.5. The normalized spacial score (nSPS) is 31.7. The predicted molar refractivity (Wildman–Crippen MR) is 76.8 cm³/mol. The Bertz CT molecular complexity index is 748. The molecule has 1 aromatic carbocycles. The fraction of sp³-hybridized carbons (Fsp3) is 0.500. The lowest BCUT2D eigenvalue weighted by Gasteiger charge is -2.23. The summed E-state index contributed by atoms with van der Waals surface area (Å²) in [4.78, 5) is 4.04. The van der Waals surface area contributed by atoms with E-state index in [1.807, 2.05) is 0 Å². The number of fused-ring (bicyclic) bond motifs is 1. The molecule has 3 atom stereocenters. The number of rotatable bonds is 2. The standard InChI is InChI=1S/C14H15F2N3O2S/c15-9-3-1-2-8(6-9)12-7-11(16)13-17-14(18-19(12)13)22(20,21)10-4-5-10/h1-3,6,10-13H,4-5,7H2,(H,17,18)/t11-,12-,13?/m0/s1. The molecular formula is C14H15F2N3O2S. The van der Waals surface area contributed by atoms with Gasteiger partial charge in [0.15, 0.2) is 6.17 Å². The number of alkyl halides is 1. The Labute approximate surface area is 126 Å². The van der Waals surface area contributed by atoms with E-state index in [0.717, 1.165) is 0 Å². The molecule has 1 saturated carbocycles. The lowest BCUT2D eigenvalue weighted by atomic mass is 10.0. The predicted octanol–water partition coefficient (Wildman–Crippen LogP) is 1.69. The van der Waals surface area contributed by atoms with Crippen molar-refractivity contribution in [1.82, 2.24) is 10.4 Å². The molecule has 22 heavy (non-hydrogen) atoms. The number of nitrogens with zero attached hydrogens (tertiary/aromatic N) is 2. The molecule has 0 spiro atoms. The molecule has 0 radical (unpaired) electrons. The molecule has 8 heteroatoms. The lowest BCUT2D eigenvalue weighted by Crippen LogP contribution is -2.42. The van der Waals surface area contributed by atoms with Gasteiger partial charge in [0.2, 0.25) is 15.0 Å². The second-order valence-electron chi connectivity index (χ2n) is 5.93. The molecule has 2 heterocycles. The second kappa shape index (κ2) is 4.73. The van der Waals surface area contributed by atoms with Gasteiger partial charge in [-0.25, -0.2) is 22.2 Å². The van der Waals surface area contributed by atoms with Crippen LogP contribution in [0.1, 0.15) is 30.9 Å². The van der Waals surface area contributed by atoms with Gasteiger partial charge in [0, 0.05) is 6.42 Å². The van der Waals surface area contributed by atoms with E-state index in [0.29, 0.717) is 18.4 Å². The highest BCUT2D eigenvalue weighted by atomic mass is 32.2. The number of sulfone groups is 1. The first-order chi connectivity index (χ1) is 10.5. The number of hydrazine groups is 1. The van der Waals surface area contributed by atoms with Gasteiger partial charge in [-0.3, -0.25) is 5.43 Å². The van der Waals surface area contributed by atoms with Crippen molar-refractivity contribution in [3.63, 3.8) is 0 Å². The van der Waals surface area contributed by atoms with Gasteiger partial charge in [0.25, 0.3) is 0 Å². The van der Waals surface area contributed by atoms with E-state index < -0.39 is 39.3 Å². The van der Waals surface area contributed by atoms with Crippen LogP contribution in [-0.4, -0.2) is 36.2 Å². The number of benzene rings is 1. The first kappa shape index (κ1) is 14.1. The lowest BCUT2D eigenvalue weighted by molar-refractivity contribution is 0.160. The van der Waals surface area contributed by atoms with E-state index in [4.69, 9.17) is 0 Å². The highest BCUT2D eigenvalue weighted by molar-refractivity contribution is 8.07. The van der Waals surface area contributed by atoms with Gasteiger partial charge in [0.05, 0.1) is 11.3 Å². The van der Waals surface area contributed by atoms with Gasteiger partial charge >= 0.3 is 0 Å². The Kier molecular flexibility index (Phi) is 3.02. The first-order valence-corrected chi connectivity index (χ1v) is 8.77. The van der Waals surface area contributed by atoms with Crippen LogP contribution < -0.4 is 5.43 Å². The Morgan fingerprint density at radius 1 is 1.32 bits per heavy atom. The van der Waals surface area contributed by atoms with E-state index in [1.54, 1.807) is 12.1 Å². The maximum Gasteiger partial charge on any atom is 0.233 e. The third-order valence-electron chi connectivity index (χ3n) is 4.33. The molecule has 2 aliphatic heterocycles. The van der Waals surface area contributed by atoms with Gasteiger partial charge in [-0.15, -0.1) is 0 Å². The maximum atomic E-state index is 14.2. The van der Waals surface area contributed by atoms with Gasteiger partial charge in [0.1, 0.15) is 12.0 Å². The number of hydrogen-bond acceptors (Lipinski definition) is 5. The molecule has 2 fully saturated rings. The topological polar surface area (TPSA) is 61.8 Å². The minimum absolute atomic E-state index is 0.149. The molecule has 1 N–H and O–H groups in total. The van der Waals surface area contributed by atoms with Crippen molar-refractivity contribution in [3.05, 3.63) is 35.6 Å². The van der Waals surface area contributed by atoms with Gasteiger partial charge in [-0.1, -0.05) is 12.1 Å². The van der Waals surface area contributed by atoms with Crippen molar-refractivity contribution < 1.29 is 17.2 Å². The molecule has 0 aromatic heterocycles. The van der Waals surface area contributed by atoms with Crippen molar-refractivity contribution in [3.8, 4) is 0 Å². The summed E-state index contributed by atoms with van der Waals surface area (Å²) in [6, 6.07) is 5.49. The molecule has 1 aromatic rings. The number of halogens is 2. The largest absolute Gasteiger partial charge is 0.291 e. The zero-order valence-corrected chi connectivity index (χ0v) is 12.4. The highest BCUT2D eigenvalue weighted by Crippen LogP contribution is 2.40. The van der Waals surface area contributed by atoms with Crippen LogP contribution in [0.4, 0.5) is 8.78 Å². The maximum absolute atomic E-state index is 14.2. The fourth-order valence-electron chi connectivity index (χ4n) is 3.04. The van der Waals surface area contributed by atoms with Gasteiger partial charge < -0.3 is 0 Å². The molecule has 4 rings (SSSR count). The number of nitrogens with one attached hydrogen (secondary N) is 1. The Balaban J connectivity index is 1.63. The molecule has 118 valence electrons. The molecule has 1 unspecified atom stereocenters. The number of amidine groups is 1. The Morgan fingerprint density at radius 3 is 2.77 bits per heavy atom. The third-order valence-corrected chi connectivity index (χ3v) is 6.42. The zero-order valence-electron chi connectivity index (χ0n) is 11.6. The molecule has 1 saturated heterocycles. The van der Waals surface area contributed by atoms with Crippen LogP contribution in [0.2, 0.25) is 0 Å². The molecule has 1 aliphatic carbocycles. The number of hydrogen-bond donors (Lipinski definition) is 1. The van der Waals surface area contributed by atoms with Gasteiger partial charge in [-0.2, -0.15) is 5.01 Å². The average Bonchev–Trinajstić information content (AvgIpc) is 3.16. The SMILES string of the molecule is O=S(=O)(C1=NC2[C@@H](F)C[C@@H](c3cccc(F)c3)N2N1)C1CC1. The Hall–Kier alpha value is -1.54. The second-order valence-corrected chi connectivity index (χ2v) is 8.08. The van der Waals surface area contributed by atoms with E-state index in [2.05, 4.69) is 10.4 Å². The summed E-state index contributed by atoms with van der Waals surface area (Å²) in [5.41, 5.74) is 3.36. The van der Waals surface area contributed by atoms with E-state index in [9.17, 15) is 17.2 Å². The third kappa shape index (κ3) is 2.13. The van der Waals surface area contributed by atoms with Crippen LogP contribution >= 0.6 is 0 Å². The minimum Gasteiger partial charge on any atom is -0.291 e.